The number of urea groups is 1. The summed E-state index contributed by atoms with van der Waals surface area (Å²) in [5, 5.41) is 8.92. The lowest BCUT2D eigenvalue weighted by Crippen LogP contribution is -2.45. The number of hydrogen-bond donors (Lipinski definition) is 2. The number of carbonyl (C=O) groups excluding carboxylic acids is 2. The van der Waals surface area contributed by atoms with Crippen molar-refractivity contribution in [2.45, 2.75) is 50.2 Å². The predicted molar refractivity (Wildman–Crippen MR) is 82.4 cm³/mol. The van der Waals surface area contributed by atoms with Gasteiger partial charge in [-0.15, -0.1) is 11.3 Å². The minimum Gasteiger partial charge on any atom is -0.338 e. The monoisotopic (exact) mass is 320 g/mol. The average molecular weight is 320 g/mol. The van der Waals surface area contributed by atoms with Crippen LogP contribution in [0.25, 0.3) is 0 Å². The third kappa shape index (κ3) is 2.95. The van der Waals surface area contributed by atoms with Crippen molar-refractivity contribution in [3.8, 4) is 0 Å². The van der Waals surface area contributed by atoms with Crippen LogP contribution >= 0.6 is 11.3 Å². The van der Waals surface area contributed by atoms with Crippen LogP contribution in [0.3, 0.4) is 0 Å². The highest BCUT2D eigenvalue weighted by Crippen LogP contribution is 2.41. The third-order valence-corrected chi connectivity index (χ3v) is 5.44. The minimum absolute atomic E-state index is 0.0108. The number of amides is 3. The van der Waals surface area contributed by atoms with Crippen molar-refractivity contribution in [2.75, 3.05) is 6.54 Å². The molecule has 2 N–H and O–H groups in total. The van der Waals surface area contributed by atoms with Crippen molar-refractivity contribution >= 4 is 23.3 Å². The van der Waals surface area contributed by atoms with E-state index in [1.54, 1.807) is 17.5 Å². The molecule has 0 radical (unpaired) electrons. The van der Waals surface area contributed by atoms with Gasteiger partial charge >= 0.3 is 6.03 Å². The van der Waals surface area contributed by atoms with Crippen molar-refractivity contribution < 1.29 is 9.59 Å². The van der Waals surface area contributed by atoms with Crippen molar-refractivity contribution in [1.82, 2.24) is 20.5 Å². The summed E-state index contributed by atoms with van der Waals surface area (Å²) in [5.74, 6) is 0.677. The highest BCUT2D eigenvalue weighted by atomic mass is 32.1. The summed E-state index contributed by atoms with van der Waals surface area (Å²) in [6.07, 6.45) is 6.70. The van der Waals surface area contributed by atoms with Crippen LogP contribution in [0, 0.1) is 5.92 Å². The Balaban J connectivity index is 1.33. The maximum Gasteiger partial charge on any atom is 0.315 e. The number of aromatic nitrogens is 1. The van der Waals surface area contributed by atoms with Crippen LogP contribution in [0.2, 0.25) is 0 Å². The van der Waals surface area contributed by atoms with E-state index in [-0.39, 0.29) is 24.0 Å². The topological polar surface area (TPSA) is 74.3 Å². The molecule has 118 valence electrons. The summed E-state index contributed by atoms with van der Waals surface area (Å²) in [7, 11) is 0. The summed E-state index contributed by atoms with van der Waals surface area (Å²) in [6.45, 7) is 0.655. The van der Waals surface area contributed by atoms with Crippen LogP contribution in [0.15, 0.2) is 11.6 Å². The Hall–Kier alpha value is -1.63. The smallest absolute Gasteiger partial charge is 0.315 e. The van der Waals surface area contributed by atoms with Crippen LogP contribution in [0.5, 0.6) is 0 Å². The summed E-state index contributed by atoms with van der Waals surface area (Å²) in [4.78, 5) is 30.4. The second-order valence-corrected chi connectivity index (χ2v) is 7.41. The molecule has 1 saturated heterocycles. The molecule has 0 aromatic carbocycles. The van der Waals surface area contributed by atoms with Crippen LogP contribution in [-0.4, -0.2) is 40.5 Å². The van der Waals surface area contributed by atoms with Crippen LogP contribution < -0.4 is 10.6 Å². The molecule has 1 aliphatic heterocycles. The largest absolute Gasteiger partial charge is 0.338 e. The van der Waals surface area contributed by atoms with E-state index in [9.17, 15) is 9.59 Å². The second-order valence-electron chi connectivity index (χ2n) is 6.48. The normalized spacial score (nSPS) is 26.1. The molecule has 2 atom stereocenters. The molecule has 6 nitrogen and oxygen atoms in total. The summed E-state index contributed by atoms with van der Waals surface area (Å²) in [5.41, 5.74) is 0. The lowest BCUT2D eigenvalue weighted by molar-refractivity contribution is -0.128. The van der Waals surface area contributed by atoms with Crippen molar-refractivity contribution in [3.63, 3.8) is 0 Å². The fraction of sp³-hybridized carbons (Fsp3) is 0.667. The molecule has 3 fully saturated rings. The van der Waals surface area contributed by atoms with E-state index in [4.69, 9.17) is 0 Å². The van der Waals surface area contributed by atoms with Gasteiger partial charge in [0.05, 0.1) is 12.1 Å². The van der Waals surface area contributed by atoms with Crippen molar-refractivity contribution in [3.05, 3.63) is 16.6 Å². The van der Waals surface area contributed by atoms with E-state index in [1.165, 1.54) is 0 Å². The van der Waals surface area contributed by atoms with Gasteiger partial charge in [-0.2, -0.15) is 0 Å². The van der Waals surface area contributed by atoms with Gasteiger partial charge in [0.15, 0.2) is 0 Å². The fourth-order valence-electron chi connectivity index (χ4n) is 3.13. The molecule has 3 aliphatic rings. The number of nitrogens with zero attached hydrogens (tertiary/aromatic N) is 2. The van der Waals surface area contributed by atoms with E-state index in [0.29, 0.717) is 24.9 Å². The molecule has 0 bridgehead atoms. The zero-order valence-electron chi connectivity index (χ0n) is 12.3. The first-order valence-corrected chi connectivity index (χ1v) is 8.84. The number of nitrogens with one attached hydrogen (secondary N) is 2. The highest BCUT2D eigenvalue weighted by molar-refractivity contribution is 7.09. The van der Waals surface area contributed by atoms with E-state index in [0.717, 1.165) is 30.7 Å². The molecule has 3 amide bonds. The minimum atomic E-state index is -0.178. The Bertz CT molecular complexity index is 568. The quantitative estimate of drug-likeness (QED) is 0.866. The van der Waals surface area contributed by atoms with Crippen LogP contribution in [0.4, 0.5) is 4.79 Å². The number of carbonyl (C=O) groups is 2. The lowest BCUT2D eigenvalue weighted by Gasteiger charge is -2.19. The SMILES string of the molecule is O=C(N[C@@H]1CC(=O)N(C2CC2)C1)N[C@H](c1nccs1)C1CC1. The third-order valence-electron chi connectivity index (χ3n) is 4.58. The van der Waals surface area contributed by atoms with Gasteiger partial charge in [0.25, 0.3) is 0 Å². The molecule has 2 aliphatic carbocycles. The van der Waals surface area contributed by atoms with Gasteiger partial charge in [-0.05, 0) is 31.6 Å². The van der Waals surface area contributed by atoms with Gasteiger partial charge in [0, 0.05) is 30.6 Å². The molecule has 7 heteroatoms. The van der Waals surface area contributed by atoms with Gasteiger partial charge in [-0.3, -0.25) is 4.79 Å². The molecular formula is C15H20N4O2S. The molecule has 2 saturated carbocycles. The molecule has 2 heterocycles. The zero-order chi connectivity index (χ0) is 15.1. The van der Waals surface area contributed by atoms with Crippen molar-refractivity contribution in [2.24, 2.45) is 5.92 Å². The summed E-state index contributed by atoms with van der Waals surface area (Å²) < 4.78 is 0. The highest BCUT2D eigenvalue weighted by Gasteiger charge is 2.40. The Kier molecular flexibility index (Phi) is 3.52. The van der Waals surface area contributed by atoms with Gasteiger partial charge in [-0.25, -0.2) is 9.78 Å². The summed E-state index contributed by atoms with van der Waals surface area (Å²) >= 11 is 1.58. The Morgan fingerprint density at radius 2 is 2.18 bits per heavy atom. The summed E-state index contributed by atoms with van der Waals surface area (Å²) in [6, 6.07) is 0.195. The molecule has 4 rings (SSSR count). The molecule has 0 unspecified atom stereocenters. The number of hydrogen-bond acceptors (Lipinski definition) is 4. The van der Waals surface area contributed by atoms with Gasteiger partial charge < -0.3 is 15.5 Å². The molecular weight excluding hydrogens is 300 g/mol. The molecule has 0 spiro atoms. The number of likely N-dealkylation sites (tertiary alicyclic amines) is 1. The van der Waals surface area contributed by atoms with E-state index in [1.807, 2.05) is 10.3 Å². The molecule has 22 heavy (non-hydrogen) atoms. The van der Waals surface area contributed by atoms with Gasteiger partial charge in [-0.1, -0.05) is 0 Å². The van der Waals surface area contributed by atoms with E-state index in [2.05, 4.69) is 15.6 Å². The Morgan fingerprint density at radius 3 is 2.82 bits per heavy atom. The number of rotatable bonds is 5. The van der Waals surface area contributed by atoms with Crippen molar-refractivity contribution in [1.29, 1.82) is 0 Å². The Morgan fingerprint density at radius 1 is 1.36 bits per heavy atom. The van der Waals surface area contributed by atoms with Crippen LogP contribution in [0.1, 0.15) is 43.2 Å². The maximum absolute atomic E-state index is 12.3. The van der Waals surface area contributed by atoms with E-state index >= 15 is 0 Å². The first kappa shape index (κ1) is 14.0. The van der Waals surface area contributed by atoms with Gasteiger partial charge in [0.2, 0.25) is 5.91 Å². The first-order chi connectivity index (χ1) is 10.7. The van der Waals surface area contributed by atoms with Crippen LogP contribution in [-0.2, 0) is 4.79 Å². The maximum atomic E-state index is 12.3. The fourth-order valence-corrected chi connectivity index (χ4v) is 3.92. The lowest BCUT2D eigenvalue weighted by atomic mass is 10.2. The molecule has 1 aromatic heterocycles. The molecule has 1 aromatic rings. The average Bonchev–Trinajstić information content (AvgIpc) is 3.40. The number of thiazole rings is 1. The van der Waals surface area contributed by atoms with Gasteiger partial charge in [0.1, 0.15) is 5.01 Å². The van der Waals surface area contributed by atoms with E-state index < -0.39 is 0 Å². The zero-order valence-corrected chi connectivity index (χ0v) is 13.1. The standard InChI is InChI=1S/C15H20N4O2S/c20-12-7-10(8-19(12)11-3-4-11)17-15(21)18-13(9-1-2-9)14-16-5-6-22-14/h5-6,9-11,13H,1-4,7-8H2,(H2,17,18,21)/t10-,13+/m1/s1. The Labute approximate surface area is 133 Å². The second kappa shape index (κ2) is 5.53. The predicted octanol–water partition coefficient (Wildman–Crippen LogP) is 1.66. The first-order valence-electron chi connectivity index (χ1n) is 7.96.